The molecule has 3 aromatic rings. The Morgan fingerprint density at radius 2 is 1.96 bits per heavy atom. The number of nitrogens with zero attached hydrogens (tertiary/aromatic N) is 2. The SMILES string of the molecule is Cc1nc(-c2ccc(F)cc2)sc1C(=O)OC(C)C(=O)Nc1cccnc1Cl. The van der Waals surface area contributed by atoms with Crippen molar-refractivity contribution in [3.8, 4) is 10.6 Å². The Morgan fingerprint density at radius 1 is 1.25 bits per heavy atom. The van der Waals surface area contributed by atoms with Crippen LogP contribution in [-0.2, 0) is 9.53 Å². The molecule has 3 rings (SSSR count). The zero-order chi connectivity index (χ0) is 20.3. The maximum absolute atomic E-state index is 13.1. The normalized spacial score (nSPS) is 11.7. The molecule has 0 saturated carbocycles. The summed E-state index contributed by atoms with van der Waals surface area (Å²) in [5.41, 5.74) is 1.48. The van der Waals surface area contributed by atoms with E-state index in [-0.39, 0.29) is 15.8 Å². The molecule has 28 heavy (non-hydrogen) atoms. The first-order chi connectivity index (χ1) is 13.3. The molecule has 0 spiro atoms. The van der Waals surface area contributed by atoms with Crippen molar-refractivity contribution in [2.75, 3.05) is 5.32 Å². The second-order valence-corrected chi connectivity index (χ2v) is 7.18. The lowest BCUT2D eigenvalue weighted by Crippen LogP contribution is -2.30. The zero-order valence-corrected chi connectivity index (χ0v) is 16.5. The van der Waals surface area contributed by atoms with Gasteiger partial charge >= 0.3 is 5.97 Å². The van der Waals surface area contributed by atoms with Crippen LogP contribution in [0.3, 0.4) is 0 Å². The lowest BCUT2D eigenvalue weighted by Gasteiger charge is -2.13. The number of thiazole rings is 1. The highest BCUT2D eigenvalue weighted by Gasteiger charge is 2.23. The molecule has 1 atom stereocenters. The van der Waals surface area contributed by atoms with Gasteiger partial charge in [0.1, 0.15) is 15.7 Å². The van der Waals surface area contributed by atoms with Crippen LogP contribution < -0.4 is 5.32 Å². The number of hydrogen-bond acceptors (Lipinski definition) is 6. The average molecular weight is 420 g/mol. The highest BCUT2D eigenvalue weighted by molar-refractivity contribution is 7.17. The zero-order valence-electron chi connectivity index (χ0n) is 14.9. The summed E-state index contributed by atoms with van der Waals surface area (Å²) >= 11 is 7.02. The molecule has 2 aromatic heterocycles. The number of aromatic nitrogens is 2. The number of esters is 1. The third-order valence-corrected chi connectivity index (χ3v) is 5.23. The highest BCUT2D eigenvalue weighted by atomic mass is 35.5. The molecule has 144 valence electrons. The molecular formula is C19H15ClFN3O3S. The molecule has 9 heteroatoms. The van der Waals surface area contributed by atoms with E-state index in [1.807, 2.05) is 0 Å². The van der Waals surface area contributed by atoms with Crippen LogP contribution in [0, 0.1) is 12.7 Å². The van der Waals surface area contributed by atoms with Gasteiger partial charge in [-0.2, -0.15) is 0 Å². The molecule has 0 aliphatic carbocycles. The van der Waals surface area contributed by atoms with Crippen LogP contribution in [0.1, 0.15) is 22.3 Å². The molecule has 1 amide bonds. The van der Waals surface area contributed by atoms with Crippen LogP contribution in [0.4, 0.5) is 10.1 Å². The molecule has 1 N–H and O–H groups in total. The minimum absolute atomic E-state index is 0.136. The third-order valence-electron chi connectivity index (χ3n) is 3.74. The van der Waals surface area contributed by atoms with Gasteiger partial charge in [0, 0.05) is 11.8 Å². The number of benzene rings is 1. The van der Waals surface area contributed by atoms with Crippen molar-refractivity contribution >= 4 is 40.5 Å². The van der Waals surface area contributed by atoms with Crippen LogP contribution in [0.5, 0.6) is 0 Å². The number of anilines is 1. The quantitative estimate of drug-likeness (QED) is 0.486. The van der Waals surface area contributed by atoms with Crippen LogP contribution in [0.2, 0.25) is 5.15 Å². The van der Waals surface area contributed by atoms with Crippen LogP contribution in [0.15, 0.2) is 42.6 Å². The Morgan fingerprint density at radius 3 is 2.64 bits per heavy atom. The van der Waals surface area contributed by atoms with Crippen molar-refractivity contribution in [3.05, 3.63) is 64.1 Å². The summed E-state index contributed by atoms with van der Waals surface area (Å²) in [5.74, 6) is -1.56. The van der Waals surface area contributed by atoms with Gasteiger partial charge in [0.05, 0.1) is 11.4 Å². The fraction of sp³-hybridized carbons (Fsp3) is 0.158. The Labute approximate surface area is 169 Å². The number of pyridine rings is 1. The number of halogens is 2. The van der Waals surface area contributed by atoms with E-state index in [1.165, 1.54) is 25.3 Å². The Hall–Kier alpha value is -2.84. The highest BCUT2D eigenvalue weighted by Crippen LogP contribution is 2.29. The van der Waals surface area contributed by atoms with E-state index in [0.717, 1.165) is 11.3 Å². The molecule has 6 nitrogen and oxygen atoms in total. The standard InChI is InChI=1S/C19H15ClFN3O3S/c1-10-15(28-18(23-10)12-5-7-13(21)8-6-12)19(26)27-11(2)17(25)24-14-4-3-9-22-16(14)20/h3-9,11H,1-2H3,(H,24,25). The van der Waals surface area contributed by atoms with E-state index in [2.05, 4.69) is 15.3 Å². The van der Waals surface area contributed by atoms with Crippen molar-refractivity contribution < 1.29 is 18.7 Å². The first kappa shape index (κ1) is 19.9. The van der Waals surface area contributed by atoms with Gasteiger partial charge in [-0.3, -0.25) is 4.79 Å². The number of aryl methyl sites for hydroxylation is 1. The molecule has 0 fully saturated rings. The van der Waals surface area contributed by atoms with E-state index >= 15 is 0 Å². The molecule has 0 aliphatic heterocycles. The minimum Gasteiger partial charge on any atom is -0.448 e. The smallest absolute Gasteiger partial charge is 0.351 e. The summed E-state index contributed by atoms with van der Waals surface area (Å²) in [4.78, 5) is 33.2. The third kappa shape index (κ3) is 4.52. The summed E-state index contributed by atoms with van der Waals surface area (Å²) in [6, 6.07) is 9.01. The maximum atomic E-state index is 13.1. The van der Waals surface area contributed by atoms with Crippen LogP contribution >= 0.6 is 22.9 Å². The fourth-order valence-electron chi connectivity index (χ4n) is 2.28. The number of amides is 1. The fourth-order valence-corrected chi connectivity index (χ4v) is 3.40. The summed E-state index contributed by atoms with van der Waals surface area (Å²) in [6.07, 6.45) is 0.437. The first-order valence-electron chi connectivity index (χ1n) is 8.21. The molecular weight excluding hydrogens is 405 g/mol. The van der Waals surface area contributed by atoms with Crippen molar-refractivity contribution in [2.45, 2.75) is 20.0 Å². The van der Waals surface area contributed by atoms with Gasteiger partial charge in [-0.15, -0.1) is 11.3 Å². The lowest BCUT2D eigenvalue weighted by atomic mass is 10.2. The van der Waals surface area contributed by atoms with Gasteiger partial charge in [-0.1, -0.05) is 11.6 Å². The summed E-state index contributed by atoms with van der Waals surface area (Å²) in [7, 11) is 0. The van der Waals surface area contributed by atoms with Gasteiger partial charge in [-0.05, 0) is 50.2 Å². The molecule has 0 saturated heterocycles. The average Bonchev–Trinajstić information content (AvgIpc) is 3.06. The van der Waals surface area contributed by atoms with E-state index < -0.39 is 18.0 Å². The summed E-state index contributed by atoms with van der Waals surface area (Å²) in [6.45, 7) is 3.12. The van der Waals surface area contributed by atoms with Gasteiger partial charge in [-0.25, -0.2) is 19.2 Å². The molecule has 0 radical (unpaired) electrons. The second kappa shape index (κ2) is 8.45. The van der Waals surface area contributed by atoms with E-state index in [0.29, 0.717) is 22.0 Å². The van der Waals surface area contributed by atoms with E-state index in [9.17, 15) is 14.0 Å². The number of rotatable bonds is 5. The first-order valence-corrected chi connectivity index (χ1v) is 9.40. The number of carbonyl (C=O) groups excluding carboxylic acids is 2. The number of ether oxygens (including phenoxy) is 1. The second-order valence-electron chi connectivity index (χ2n) is 5.82. The Kier molecular flexibility index (Phi) is 6.01. The topological polar surface area (TPSA) is 81.2 Å². The van der Waals surface area contributed by atoms with E-state index in [4.69, 9.17) is 16.3 Å². The Balaban J connectivity index is 1.69. The number of carbonyl (C=O) groups is 2. The predicted molar refractivity (Wildman–Crippen MR) is 105 cm³/mol. The van der Waals surface area contributed by atoms with Gasteiger partial charge in [0.25, 0.3) is 5.91 Å². The van der Waals surface area contributed by atoms with Gasteiger partial charge in [0.2, 0.25) is 0 Å². The van der Waals surface area contributed by atoms with Crippen molar-refractivity contribution in [2.24, 2.45) is 0 Å². The maximum Gasteiger partial charge on any atom is 0.351 e. The monoisotopic (exact) mass is 419 g/mol. The molecule has 1 aromatic carbocycles. The summed E-state index contributed by atoms with van der Waals surface area (Å²) < 4.78 is 18.3. The van der Waals surface area contributed by atoms with Crippen molar-refractivity contribution in [3.63, 3.8) is 0 Å². The molecule has 0 bridgehead atoms. The van der Waals surface area contributed by atoms with Gasteiger partial charge in [0.15, 0.2) is 11.3 Å². The van der Waals surface area contributed by atoms with Crippen LogP contribution in [-0.4, -0.2) is 27.9 Å². The molecule has 0 aliphatic rings. The number of hydrogen-bond donors (Lipinski definition) is 1. The predicted octanol–water partition coefficient (Wildman–Crippen LogP) is 4.49. The largest absolute Gasteiger partial charge is 0.448 e. The number of nitrogens with one attached hydrogen (secondary N) is 1. The van der Waals surface area contributed by atoms with Gasteiger partial charge < -0.3 is 10.1 Å². The molecule has 2 heterocycles. The Bertz CT molecular complexity index is 1020. The van der Waals surface area contributed by atoms with Crippen molar-refractivity contribution in [1.29, 1.82) is 0 Å². The van der Waals surface area contributed by atoms with Crippen LogP contribution in [0.25, 0.3) is 10.6 Å². The summed E-state index contributed by atoms with van der Waals surface area (Å²) in [5, 5.41) is 3.25. The molecule has 1 unspecified atom stereocenters. The van der Waals surface area contributed by atoms with E-state index in [1.54, 1.807) is 31.2 Å². The van der Waals surface area contributed by atoms with Crippen molar-refractivity contribution in [1.82, 2.24) is 9.97 Å². The lowest BCUT2D eigenvalue weighted by molar-refractivity contribution is -0.123. The minimum atomic E-state index is -1.06.